The second-order valence-electron chi connectivity index (χ2n) is 5.73. The van der Waals surface area contributed by atoms with E-state index in [4.69, 9.17) is 0 Å². The molecule has 1 fully saturated rings. The minimum atomic E-state index is -0.919. The zero-order chi connectivity index (χ0) is 17.1. The van der Waals surface area contributed by atoms with Gasteiger partial charge in [0.1, 0.15) is 17.2 Å². The Bertz CT molecular complexity index is 745. The highest BCUT2D eigenvalue weighted by Gasteiger charge is 2.31. The number of nitrogens with one attached hydrogen (secondary N) is 1. The number of carbonyl (C=O) groups excluding carboxylic acids is 2. The minimum Gasteiger partial charge on any atom is -0.347 e. The Morgan fingerprint density at radius 2 is 1.75 bits per heavy atom. The van der Waals surface area contributed by atoms with Crippen molar-refractivity contribution in [3.63, 3.8) is 0 Å². The fourth-order valence-electron chi connectivity index (χ4n) is 2.80. The van der Waals surface area contributed by atoms with E-state index in [1.807, 2.05) is 30.3 Å². The van der Waals surface area contributed by atoms with E-state index in [1.165, 1.54) is 6.07 Å². The first-order valence-electron chi connectivity index (χ1n) is 7.61. The van der Waals surface area contributed by atoms with Gasteiger partial charge in [-0.15, -0.1) is 0 Å². The lowest BCUT2D eigenvalue weighted by Crippen LogP contribution is -2.37. The molecule has 124 valence electrons. The summed E-state index contributed by atoms with van der Waals surface area (Å²) in [6.07, 6.45) is 0.120. The minimum absolute atomic E-state index is 0.0989. The normalized spacial score (nSPS) is 17.2. The molecule has 1 aliphatic heterocycles. The third kappa shape index (κ3) is 3.42. The lowest BCUT2D eigenvalue weighted by molar-refractivity contribution is -0.128. The van der Waals surface area contributed by atoms with Gasteiger partial charge in [-0.2, -0.15) is 0 Å². The fraction of sp³-hybridized carbons (Fsp3) is 0.222. The Kier molecular flexibility index (Phi) is 4.55. The first-order chi connectivity index (χ1) is 11.5. The van der Waals surface area contributed by atoms with E-state index in [0.29, 0.717) is 13.1 Å². The largest absolute Gasteiger partial charge is 0.347 e. The van der Waals surface area contributed by atoms with Crippen LogP contribution in [0.15, 0.2) is 48.5 Å². The monoisotopic (exact) mass is 330 g/mol. The van der Waals surface area contributed by atoms with Crippen molar-refractivity contribution < 1.29 is 18.4 Å². The van der Waals surface area contributed by atoms with Gasteiger partial charge in [-0.05, 0) is 17.7 Å². The standard InChI is InChI=1S/C18H16F2N2O2/c19-14-7-4-8-15(20)17(14)18(24)21-13-9-16(23)22(11-13)10-12-5-2-1-3-6-12/h1-8,13H,9-11H2,(H,21,24). The molecule has 0 saturated carbocycles. The summed E-state index contributed by atoms with van der Waals surface area (Å²) in [6, 6.07) is 12.3. The van der Waals surface area contributed by atoms with Crippen LogP contribution in [0.2, 0.25) is 0 Å². The van der Waals surface area contributed by atoms with Crippen LogP contribution in [0.3, 0.4) is 0 Å². The molecule has 2 aromatic rings. The van der Waals surface area contributed by atoms with E-state index in [2.05, 4.69) is 5.32 Å². The molecule has 0 aromatic heterocycles. The Morgan fingerprint density at radius 3 is 2.42 bits per heavy atom. The Labute approximate surface area is 138 Å². The third-order valence-corrected chi connectivity index (χ3v) is 3.96. The van der Waals surface area contributed by atoms with Crippen LogP contribution >= 0.6 is 0 Å². The molecule has 6 heteroatoms. The Balaban J connectivity index is 1.65. The summed E-state index contributed by atoms with van der Waals surface area (Å²) in [5.74, 6) is -2.78. The van der Waals surface area contributed by atoms with Gasteiger partial charge in [0, 0.05) is 19.5 Å². The lowest BCUT2D eigenvalue weighted by atomic mass is 10.1. The summed E-state index contributed by atoms with van der Waals surface area (Å²) in [6.45, 7) is 0.760. The van der Waals surface area contributed by atoms with Crippen molar-refractivity contribution in [3.8, 4) is 0 Å². The molecule has 1 aliphatic rings. The van der Waals surface area contributed by atoms with Gasteiger partial charge in [-0.25, -0.2) is 8.78 Å². The summed E-state index contributed by atoms with van der Waals surface area (Å²) in [5.41, 5.74) is 0.365. The number of halogens is 2. The number of rotatable bonds is 4. The van der Waals surface area contributed by atoms with Crippen LogP contribution in [0.5, 0.6) is 0 Å². The highest BCUT2D eigenvalue weighted by Crippen LogP contribution is 2.17. The molecule has 1 N–H and O–H groups in total. The molecular weight excluding hydrogens is 314 g/mol. The van der Waals surface area contributed by atoms with Crippen LogP contribution in [-0.2, 0) is 11.3 Å². The highest BCUT2D eigenvalue weighted by molar-refractivity contribution is 5.95. The number of carbonyl (C=O) groups is 2. The topological polar surface area (TPSA) is 49.4 Å². The molecule has 2 aromatic carbocycles. The maximum absolute atomic E-state index is 13.6. The molecular formula is C18H16F2N2O2. The van der Waals surface area contributed by atoms with E-state index < -0.39 is 29.1 Å². The van der Waals surface area contributed by atoms with E-state index >= 15 is 0 Å². The van der Waals surface area contributed by atoms with Gasteiger partial charge in [-0.3, -0.25) is 9.59 Å². The summed E-state index contributed by atoms with van der Waals surface area (Å²) in [5, 5.41) is 2.54. The fourth-order valence-corrected chi connectivity index (χ4v) is 2.80. The molecule has 0 aliphatic carbocycles. The Morgan fingerprint density at radius 1 is 1.08 bits per heavy atom. The maximum atomic E-state index is 13.6. The predicted octanol–water partition coefficient (Wildman–Crippen LogP) is 2.50. The summed E-state index contributed by atoms with van der Waals surface area (Å²) >= 11 is 0. The van der Waals surface area contributed by atoms with Gasteiger partial charge >= 0.3 is 0 Å². The van der Waals surface area contributed by atoms with E-state index in [-0.39, 0.29) is 12.3 Å². The highest BCUT2D eigenvalue weighted by atomic mass is 19.1. The molecule has 24 heavy (non-hydrogen) atoms. The zero-order valence-electron chi connectivity index (χ0n) is 12.8. The molecule has 1 unspecified atom stereocenters. The van der Waals surface area contributed by atoms with Gasteiger partial charge < -0.3 is 10.2 Å². The van der Waals surface area contributed by atoms with Gasteiger partial charge in [0.2, 0.25) is 5.91 Å². The third-order valence-electron chi connectivity index (χ3n) is 3.96. The second kappa shape index (κ2) is 6.78. The SMILES string of the molecule is O=C(NC1CC(=O)N(Cc2ccccc2)C1)c1c(F)cccc1F. The van der Waals surface area contributed by atoms with Crippen molar-refractivity contribution in [2.45, 2.75) is 19.0 Å². The molecule has 1 atom stereocenters. The number of benzene rings is 2. The van der Waals surface area contributed by atoms with Gasteiger partial charge in [0.05, 0.1) is 6.04 Å². The predicted molar refractivity (Wildman–Crippen MR) is 84.1 cm³/mol. The number of nitrogens with zero attached hydrogens (tertiary/aromatic N) is 1. The van der Waals surface area contributed by atoms with E-state index in [1.54, 1.807) is 4.90 Å². The van der Waals surface area contributed by atoms with Crippen LogP contribution in [0, 0.1) is 11.6 Å². The zero-order valence-corrected chi connectivity index (χ0v) is 12.8. The quantitative estimate of drug-likeness (QED) is 0.936. The van der Waals surface area contributed by atoms with Crippen LogP contribution in [0.4, 0.5) is 8.78 Å². The van der Waals surface area contributed by atoms with Crippen molar-refractivity contribution in [1.29, 1.82) is 0 Å². The van der Waals surface area contributed by atoms with Crippen LogP contribution in [-0.4, -0.2) is 29.3 Å². The molecule has 0 radical (unpaired) electrons. The number of amides is 2. The van der Waals surface area contributed by atoms with Crippen LogP contribution in [0.25, 0.3) is 0 Å². The van der Waals surface area contributed by atoms with Crippen molar-refractivity contribution >= 4 is 11.8 Å². The summed E-state index contributed by atoms with van der Waals surface area (Å²) in [7, 11) is 0. The molecule has 0 bridgehead atoms. The first-order valence-corrected chi connectivity index (χ1v) is 7.61. The summed E-state index contributed by atoms with van der Waals surface area (Å²) < 4.78 is 27.3. The van der Waals surface area contributed by atoms with Crippen molar-refractivity contribution in [2.75, 3.05) is 6.54 Å². The van der Waals surface area contributed by atoms with E-state index in [0.717, 1.165) is 17.7 Å². The molecule has 1 saturated heterocycles. The molecule has 1 heterocycles. The van der Waals surface area contributed by atoms with Crippen molar-refractivity contribution in [1.82, 2.24) is 10.2 Å². The average Bonchev–Trinajstić information content (AvgIpc) is 2.87. The number of hydrogen-bond acceptors (Lipinski definition) is 2. The van der Waals surface area contributed by atoms with Gasteiger partial charge in [0.25, 0.3) is 5.91 Å². The second-order valence-corrected chi connectivity index (χ2v) is 5.73. The molecule has 2 amide bonds. The smallest absolute Gasteiger partial charge is 0.257 e. The van der Waals surface area contributed by atoms with Gasteiger partial charge in [0.15, 0.2) is 0 Å². The lowest BCUT2D eigenvalue weighted by Gasteiger charge is -2.17. The van der Waals surface area contributed by atoms with Gasteiger partial charge in [-0.1, -0.05) is 36.4 Å². The number of hydrogen-bond donors (Lipinski definition) is 1. The van der Waals surface area contributed by atoms with Crippen LogP contribution < -0.4 is 5.32 Å². The molecule has 4 nitrogen and oxygen atoms in total. The molecule has 0 spiro atoms. The average molecular weight is 330 g/mol. The van der Waals surface area contributed by atoms with Crippen molar-refractivity contribution in [3.05, 3.63) is 71.3 Å². The first kappa shape index (κ1) is 16.1. The Hall–Kier alpha value is -2.76. The van der Waals surface area contributed by atoms with Crippen molar-refractivity contribution in [2.24, 2.45) is 0 Å². The molecule has 3 rings (SSSR count). The number of likely N-dealkylation sites (tertiary alicyclic amines) is 1. The van der Waals surface area contributed by atoms with Crippen LogP contribution in [0.1, 0.15) is 22.3 Å². The maximum Gasteiger partial charge on any atom is 0.257 e. The summed E-state index contributed by atoms with van der Waals surface area (Å²) in [4.78, 5) is 25.8. The van der Waals surface area contributed by atoms with E-state index in [9.17, 15) is 18.4 Å².